The molecule has 4 aromatic rings. The van der Waals surface area contributed by atoms with Gasteiger partial charge in [0, 0.05) is 11.4 Å². The van der Waals surface area contributed by atoms with Crippen molar-refractivity contribution in [2.24, 2.45) is 0 Å². The Morgan fingerprint density at radius 3 is 2.57 bits per heavy atom. The third-order valence-electron chi connectivity index (χ3n) is 3.89. The molecule has 0 bridgehead atoms. The summed E-state index contributed by atoms with van der Waals surface area (Å²) in [6, 6.07) is 17.0. The molecule has 0 unspecified atom stereocenters. The third kappa shape index (κ3) is 3.96. The van der Waals surface area contributed by atoms with Gasteiger partial charge in [-0.1, -0.05) is 30.0 Å². The van der Waals surface area contributed by atoms with E-state index in [9.17, 15) is 9.18 Å². The van der Waals surface area contributed by atoms with Gasteiger partial charge in [0.15, 0.2) is 11.0 Å². The molecule has 0 fully saturated rings. The Labute approximate surface area is 164 Å². The first-order valence-electron chi connectivity index (χ1n) is 8.42. The standard InChI is InChI=1S/C20H15FN4O2S/c21-15-6-8-17(9-7-15)25-19(14-10-11-27-12-14)23-24-20(25)28-13-18(26)22-16-4-2-1-3-5-16/h1-12H,13H2,(H,22,26). The molecule has 28 heavy (non-hydrogen) atoms. The zero-order valence-electron chi connectivity index (χ0n) is 14.6. The molecule has 2 aromatic heterocycles. The molecule has 6 nitrogen and oxygen atoms in total. The predicted octanol–water partition coefficient (Wildman–Crippen LogP) is 4.40. The molecular formula is C20H15FN4O2S. The number of furan rings is 1. The van der Waals surface area contributed by atoms with Crippen LogP contribution in [0, 0.1) is 5.82 Å². The number of anilines is 1. The third-order valence-corrected chi connectivity index (χ3v) is 4.82. The number of hydrogen-bond donors (Lipinski definition) is 1. The van der Waals surface area contributed by atoms with Gasteiger partial charge < -0.3 is 9.73 Å². The molecule has 0 aliphatic rings. The highest BCUT2D eigenvalue weighted by molar-refractivity contribution is 7.99. The largest absolute Gasteiger partial charge is 0.472 e. The molecule has 0 radical (unpaired) electrons. The van der Waals surface area contributed by atoms with E-state index in [1.807, 2.05) is 30.3 Å². The number of nitrogens with zero attached hydrogens (tertiary/aromatic N) is 3. The Morgan fingerprint density at radius 2 is 1.86 bits per heavy atom. The first-order valence-corrected chi connectivity index (χ1v) is 9.41. The Balaban J connectivity index is 1.58. The number of aromatic nitrogens is 3. The second-order valence-corrected chi connectivity index (χ2v) is 6.78. The molecule has 0 aliphatic carbocycles. The van der Waals surface area contributed by atoms with Gasteiger partial charge >= 0.3 is 0 Å². The topological polar surface area (TPSA) is 73.0 Å². The summed E-state index contributed by atoms with van der Waals surface area (Å²) in [6.45, 7) is 0. The maximum Gasteiger partial charge on any atom is 0.234 e. The van der Waals surface area contributed by atoms with E-state index in [2.05, 4.69) is 15.5 Å². The summed E-state index contributed by atoms with van der Waals surface area (Å²) >= 11 is 1.24. The molecule has 140 valence electrons. The van der Waals surface area contributed by atoms with Crippen molar-refractivity contribution in [2.45, 2.75) is 5.16 Å². The molecular weight excluding hydrogens is 379 g/mol. The minimum absolute atomic E-state index is 0.152. The first kappa shape index (κ1) is 18.0. The summed E-state index contributed by atoms with van der Waals surface area (Å²) in [5.74, 6) is 0.207. The van der Waals surface area contributed by atoms with E-state index in [1.165, 1.54) is 23.9 Å². The van der Waals surface area contributed by atoms with Gasteiger partial charge in [0.25, 0.3) is 0 Å². The molecule has 0 spiro atoms. The number of para-hydroxylation sites is 1. The summed E-state index contributed by atoms with van der Waals surface area (Å²) in [4.78, 5) is 12.3. The van der Waals surface area contributed by atoms with Crippen LogP contribution < -0.4 is 5.32 Å². The molecule has 4 rings (SSSR count). The first-order chi connectivity index (χ1) is 13.7. The second kappa shape index (κ2) is 8.10. The highest BCUT2D eigenvalue weighted by Gasteiger charge is 2.18. The smallest absolute Gasteiger partial charge is 0.234 e. The van der Waals surface area contributed by atoms with Gasteiger partial charge in [0.05, 0.1) is 17.6 Å². The summed E-state index contributed by atoms with van der Waals surface area (Å²) in [5.41, 5.74) is 2.15. The van der Waals surface area contributed by atoms with Crippen LogP contribution >= 0.6 is 11.8 Å². The van der Waals surface area contributed by atoms with Crippen LogP contribution in [0.1, 0.15) is 0 Å². The lowest BCUT2D eigenvalue weighted by Gasteiger charge is -2.09. The molecule has 1 N–H and O–H groups in total. The normalized spacial score (nSPS) is 10.8. The van der Waals surface area contributed by atoms with Crippen molar-refractivity contribution in [1.82, 2.24) is 14.8 Å². The SMILES string of the molecule is O=C(CSc1nnc(-c2ccoc2)n1-c1ccc(F)cc1)Nc1ccccc1. The maximum absolute atomic E-state index is 13.4. The Bertz CT molecular complexity index is 1060. The average Bonchev–Trinajstić information content (AvgIpc) is 3.37. The molecule has 0 saturated carbocycles. The lowest BCUT2D eigenvalue weighted by Crippen LogP contribution is -2.14. The number of amides is 1. The van der Waals surface area contributed by atoms with Crippen molar-refractivity contribution in [3.05, 3.63) is 79.0 Å². The lowest BCUT2D eigenvalue weighted by atomic mass is 10.2. The van der Waals surface area contributed by atoms with Crippen LogP contribution in [0.4, 0.5) is 10.1 Å². The summed E-state index contributed by atoms with van der Waals surface area (Å²) in [7, 11) is 0. The number of thioether (sulfide) groups is 1. The quantitative estimate of drug-likeness (QED) is 0.491. The highest BCUT2D eigenvalue weighted by atomic mass is 32.2. The molecule has 2 heterocycles. The number of benzene rings is 2. The van der Waals surface area contributed by atoms with Crippen LogP contribution in [0.25, 0.3) is 17.1 Å². The monoisotopic (exact) mass is 394 g/mol. The van der Waals surface area contributed by atoms with E-state index in [1.54, 1.807) is 35.3 Å². The molecule has 1 amide bonds. The lowest BCUT2D eigenvalue weighted by molar-refractivity contribution is -0.113. The van der Waals surface area contributed by atoms with Gasteiger partial charge in [-0.05, 0) is 42.5 Å². The van der Waals surface area contributed by atoms with E-state index >= 15 is 0 Å². The average molecular weight is 394 g/mol. The van der Waals surface area contributed by atoms with Crippen molar-refractivity contribution in [1.29, 1.82) is 0 Å². The Morgan fingerprint density at radius 1 is 1.07 bits per heavy atom. The van der Waals surface area contributed by atoms with E-state index in [0.717, 1.165) is 11.3 Å². The van der Waals surface area contributed by atoms with E-state index < -0.39 is 0 Å². The molecule has 8 heteroatoms. The van der Waals surface area contributed by atoms with Crippen LogP contribution in [-0.4, -0.2) is 26.4 Å². The van der Waals surface area contributed by atoms with E-state index in [0.29, 0.717) is 16.7 Å². The van der Waals surface area contributed by atoms with Crippen LogP contribution in [0.2, 0.25) is 0 Å². The summed E-state index contributed by atoms with van der Waals surface area (Å²) in [5, 5.41) is 11.8. The summed E-state index contributed by atoms with van der Waals surface area (Å²) in [6.07, 6.45) is 3.10. The van der Waals surface area contributed by atoms with Gasteiger partial charge in [-0.15, -0.1) is 10.2 Å². The van der Waals surface area contributed by atoms with Crippen LogP contribution in [-0.2, 0) is 4.79 Å². The molecule has 0 saturated heterocycles. The number of hydrogen-bond acceptors (Lipinski definition) is 5. The zero-order valence-corrected chi connectivity index (χ0v) is 15.4. The fourth-order valence-electron chi connectivity index (χ4n) is 2.61. The van der Waals surface area contributed by atoms with Gasteiger partial charge in [-0.3, -0.25) is 9.36 Å². The van der Waals surface area contributed by atoms with Crippen LogP contribution in [0.5, 0.6) is 0 Å². The molecule has 0 aliphatic heterocycles. The van der Waals surface area contributed by atoms with E-state index in [-0.39, 0.29) is 17.5 Å². The van der Waals surface area contributed by atoms with Crippen molar-refractivity contribution >= 4 is 23.4 Å². The van der Waals surface area contributed by atoms with Crippen molar-refractivity contribution in [3.8, 4) is 17.1 Å². The Kier molecular flexibility index (Phi) is 5.20. The van der Waals surface area contributed by atoms with Gasteiger partial charge in [-0.2, -0.15) is 0 Å². The van der Waals surface area contributed by atoms with Crippen LogP contribution in [0.3, 0.4) is 0 Å². The maximum atomic E-state index is 13.4. The number of carbonyl (C=O) groups excluding carboxylic acids is 1. The number of rotatable bonds is 6. The van der Waals surface area contributed by atoms with Gasteiger partial charge in [-0.25, -0.2) is 4.39 Å². The Hall–Kier alpha value is -3.39. The van der Waals surface area contributed by atoms with Crippen LogP contribution in [0.15, 0.2) is 82.8 Å². The zero-order chi connectivity index (χ0) is 19.3. The predicted molar refractivity (Wildman–Crippen MR) is 105 cm³/mol. The minimum Gasteiger partial charge on any atom is -0.472 e. The second-order valence-electron chi connectivity index (χ2n) is 5.83. The minimum atomic E-state index is -0.335. The van der Waals surface area contributed by atoms with Gasteiger partial charge in [0.1, 0.15) is 12.1 Å². The highest BCUT2D eigenvalue weighted by Crippen LogP contribution is 2.28. The fourth-order valence-corrected chi connectivity index (χ4v) is 3.37. The van der Waals surface area contributed by atoms with Crippen molar-refractivity contribution in [2.75, 3.05) is 11.1 Å². The number of halogens is 1. The van der Waals surface area contributed by atoms with Gasteiger partial charge in [0.2, 0.25) is 5.91 Å². The molecule has 2 aromatic carbocycles. The van der Waals surface area contributed by atoms with E-state index in [4.69, 9.17) is 4.42 Å². The van der Waals surface area contributed by atoms with Crippen molar-refractivity contribution < 1.29 is 13.6 Å². The summed E-state index contributed by atoms with van der Waals surface area (Å²) < 4.78 is 20.3. The number of carbonyl (C=O) groups is 1. The fraction of sp³-hybridized carbons (Fsp3) is 0.0500. The number of nitrogens with one attached hydrogen (secondary N) is 1. The molecule has 0 atom stereocenters. The van der Waals surface area contributed by atoms with Crippen molar-refractivity contribution in [3.63, 3.8) is 0 Å².